The molecule has 0 N–H and O–H groups in total. The lowest BCUT2D eigenvalue weighted by Crippen LogP contribution is -2.40. The Kier molecular flexibility index (Phi) is 3.79. The van der Waals surface area contributed by atoms with Crippen LogP contribution in [0.2, 0.25) is 0 Å². The van der Waals surface area contributed by atoms with E-state index in [4.69, 9.17) is 0 Å². The molecule has 2 rings (SSSR count). The fourth-order valence-electron chi connectivity index (χ4n) is 2.67. The second-order valence-electron chi connectivity index (χ2n) is 5.09. The Labute approximate surface area is 93.0 Å². The molecule has 0 saturated heterocycles. The summed E-state index contributed by atoms with van der Waals surface area (Å²) in [5.74, 6) is 0.484. The zero-order chi connectivity index (χ0) is 10.7. The van der Waals surface area contributed by atoms with Crippen molar-refractivity contribution >= 4 is 5.78 Å². The van der Waals surface area contributed by atoms with Gasteiger partial charge < -0.3 is 0 Å². The van der Waals surface area contributed by atoms with Crippen LogP contribution in [0.25, 0.3) is 0 Å². The van der Waals surface area contributed by atoms with Gasteiger partial charge in [-0.1, -0.05) is 13.3 Å². The molecule has 0 aromatic heterocycles. The van der Waals surface area contributed by atoms with E-state index >= 15 is 0 Å². The Morgan fingerprint density at radius 1 is 1.13 bits per heavy atom. The third kappa shape index (κ3) is 3.04. The number of ketones is 1. The zero-order valence-corrected chi connectivity index (χ0v) is 9.87. The number of hydrogen-bond donors (Lipinski definition) is 0. The average Bonchev–Trinajstić information content (AvgIpc) is 3.05. The Bertz CT molecular complexity index is 213. The minimum absolute atomic E-state index is 0.484. The van der Waals surface area contributed by atoms with Gasteiger partial charge in [0, 0.05) is 24.9 Å². The molecule has 0 radical (unpaired) electrons. The number of carbonyl (C=O) groups excluding carboxylic acids is 1. The maximum atomic E-state index is 11.2. The monoisotopic (exact) mass is 209 g/mol. The molecule has 2 heteroatoms. The minimum atomic E-state index is 0.484. The number of Topliss-reactive ketones (excluding diaryl/α,β-unsaturated/α-hetero) is 1. The van der Waals surface area contributed by atoms with Crippen LogP contribution in [0.5, 0.6) is 0 Å². The van der Waals surface area contributed by atoms with Gasteiger partial charge in [0.15, 0.2) is 0 Å². The molecule has 0 bridgehead atoms. The Morgan fingerprint density at radius 3 is 2.27 bits per heavy atom. The standard InChI is InChI=1S/C13H23NO/c1-2-3-10-14(11-4-5-11)12-6-8-13(15)9-7-12/h11-12H,2-10H2,1H3. The predicted octanol–water partition coefficient (Wildman–Crippen LogP) is 2.76. The molecule has 0 aliphatic heterocycles. The van der Waals surface area contributed by atoms with Crippen LogP contribution in [-0.4, -0.2) is 29.3 Å². The molecule has 0 spiro atoms. The minimum Gasteiger partial charge on any atom is -0.300 e. The van der Waals surface area contributed by atoms with Crippen LogP contribution in [0.15, 0.2) is 0 Å². The van der Waals surface area contributed by atoms with Gasteiger partial charge in [0.05, 0.1) is 0 Å². The summed E-state index contributed by atoms with van der Waals surface area (Å²) in [6.07, 6.45) is 9.32. The van der Waals surface area contributed by atoms with Crippen molar-refractivity contribution in [3.05, 3.63) is 0 Å². The third-order valence-corrected chi connectivity index (χ3v) is 3.77. The van der Waals surface area contributed by atoms with E-state index in [-0.39, 0.29) is 0 Å². The highest BCUT2D eigenvalue weighted by Crippen LogP contribution is 2.33. The first-order valence-electron chi connectivity index (χ1n) is 6.58. The molecular formula is C13H23NO. The third-order valence-electron chi connectivity index (χ3n) is 3.77. The molecule has 0 aromatic rings. The van der Waals surface area contributed by atoms with Crippen molar-refractivity contribution in [2.24, 2.45) is 0 Å². The van der Waals surface area contributed by atoms with E-state index in [1.165, 1.54) is 32.2 Å². The van der Waals surface area contributed by atoms with Crippen LogP contribution in [0.3, 0.4) is 0 Å². The summed E-state index contributed by atoms with van der Waals surface area (Å²) in [6.45, 7) is 3.52. The topological polar surface area (TPSA) is 20.3 Å². The smallest absolute Gasteiger partial charge is 0.133 e. The van der Waals surface area contributed by atoms with Crippen molar-refractivity contribution in [1.82, 2.24) is 4.90 Å². The normalized spacial score (nSPS) is 23.7. The molecule has 86 valence electrons. The summed E-state index contributed by atoms with van der Waals surface area (Å²) < 4.78 is 0. The van der Waals surface area contributed by atoms with Crippen LogP contribution < -0.4 is 0 Å². The summed E-state index contributed by atoms with van der Waals surface area (Å²) in [4.78, 5) is 13.9. The first-order chi connectivity index (χ1) is 7.31. The molecular weight excluding hydrogens is 186 g/mol. The molecule has 0 unspecified atom stereocenters. The van der Waals surface area contributed by atoms with E-state index in [0.717, 1.165) is 37.8 Å². The summed E-state index contributed by atoms with van der Waals surface area (Å²) in [5.41, 5.74) is 0. The van der Waals surface area contributed by atoms with Gasteiger partial charge in [-0.25, -0.2) is 0 Å². The van der Waals surface area contributed by atoms with Crippen LogP contribution in [-0.2, 0) is 4.79 Å². The molecule has 0 atom stereocenters. The van der Waals surface area contributed by atoms with Crippen LogP contribution in [0, 0.1) is 0 Å². The number of hydrogen-bond acceptors (Lipinski definition) is 2. The predicted molar refractivity (Wildman–Crippen MR) is 61.9 cm³/mol. The Balaban J connectivity index is 1.83. The van der Waals surface area contributed by atoms with Gasteiger partial charge in [0.1, 0.15) is 5.78 Å². The number of unbranched alkanes of at least 4 members (excludes halogenated alkanes) is 1. The van der Waals surface area contributed by atoms with Crippen molar-refractivity contribution in [3.8, 4) is 0 Å². The lowest BCUT2D eigenvalue weighted by molar-refractivity contribution is -0.121. The molecule has 2 aliphatic rings. The quantitative estimate of drug-likeness (QED) is 0.694. The first-order valence-corrected chi connectivity index (χ1v) is 6.58. The number of rotatable bonds is 5. The average molecular weight is 209 g/mol. The maximum Gasteiger partial charge on any atom is 0.133 e. The van der Waals surface area contributed by atoms with Crippen molar-refractivity contribution in [2.75, 3.05) is 6.54 Å². The molecule has 2 saturated carbocycles. The van der Waals surface area contributed by atoms with Gasteiger partial charge in [-0.15, -0.1) is 0 Å². The van der Waals surface area contributed by atoms with E-state index in [1.807, 2.05) is 0 Å². The van der Waals surface area contributed by atoms with E-state index in [0.29, 0.717) is 5.78 Å². The van der Waals surface area contributed by atoms with Crippen molar-refractivity contribution in [1.29, 1.82) is 0 Å². The van der Waals surface area contributed by atoms with Crippen molar-refractivity contribution in [3.63, 3.8) is 0 Å². The molecule has 0 heterocycles. The van der Waals surface area contributed by atoms with Crippen molar-refractivity contribution in [2.45, 2.75) is 70.4 Å². The van der Waals surface area contributed by atoms with Crippen LogP contribution >= 0.6 is 0 Å². The fraction of sp³-hybridized carbons (Fsp3) is 0.923. The summed E-state index contributed by atoms with van der Waals surface area (Å²) in [7, 11) is 0. The van der Waals surface area contributed by atoms with Crippen LogP contribution in [0.1, 0.15) is 58.3 Å². The van der Waals surface area contributed by atoms with E-state index in [9.17, 15) is 4.79 Å². The zero-order valence-electron chi connectivity index (χ0n) is 9.87. The number of carbonyl (C=O) groups is 1. The highest BCUT2D eigenvalue weighted by molar-refractivity contribution is 5.79. The van der Waals surface area contributed by atoms with E-state index in [2.05, 4.69) is 11.8 Å². The van der Waals surface area contributed by atoms with Gasteiger partial charge in [0.25, 0.3) is 0 Å². The SMILES string of the molecule is CCCCN(C1CCC(=O)CC1)C1CC1. The fourth-order valence-corrected chi connectivity index (χ4v) is 2.67. The molecule has 15 heavy (non-hydrogen) atoms. The summed E-state index contributed by atoms with van der Waals surface area (Å²) >= 11 is 0. The molecule has 2 nitrogen and oxygen atoms in total. The van der Waals surface area contributed by atoms with Gasteiger partial charge >= 0.3 is 0 Å². The molecule has 2 fully saturated rings. The molecule has 2 aliphatic carbocycles. The van der Waals surface area contributed by atoms with E-state index in [1.54, 1.807) is 0 Å². The van der Waals surface area contributed by atoms with E-state index < -0.39 is 0 Å². The first kappa shape index (κ1) is 11.1. The largest absolute Gasteiger partial charge is 0.300 e. The van der Waals surface area contributed by atoms with Gasteiger partial charge in [-0.2, -0.15) is 0 Å². The van der Waals surface area contributed by atoms with Crippen LogP contribution in [0.4, 0.5) is 0 Å². The van der Waals surface area contributed by atoms with Crippen molar-refractivity contribution < 1.29 is 4.79 Å². The lowest BCUT2D eigenvalue weighted by Gasteiger charge is -2.34. The second kappa shape index (κ2) is 5.11. The van der Waals surface area contributed by atoms with Gasteiger partial charge in [-0.05, 0) is 38.6 Å². The number of nitrogens with zero attached hydrogens (tertiary/aromatic N) is 1. The Hall–Kier alpha value is -0.370. The molecule has 0 aromatic carbocycles. The Morgan fingerprint density at radius 2 is 1.73 bits per heavy atom. The molecule has 0 amide bonds. The lowest BCUT2D eigenvalue weighted by atomic mass is 9.93. The second-order valence-corrected chi connectivity index (χ2v) is 5.09. The maximum absolute atomic E-state index is 11.2. The van der Waals surface area contributed by atoms with Gasteiger partial charge in [-0.3, -0.25) is 9.69 Å². The highest BCUT2D eigenvalue weighted by atomic mass is 16.1. The highest BCUT2D eigenvalue weighted by Gasteiger charge is 2.34. The van der Waals surface area contributed by atoms with Gasteiger partial charge in [0.2, 0.25) is 0 Å². The summed E-state index contributed by atoms with van der Waals surface area (Å²) in [5, 5.41) is 0. The summed E-state index contributed by atoms with van der Waals surface area (Å²) in [6, 6.07) is 1.59.